The highest BCUT2D eigenvalue weighted by Crippen LogP contribution is 2.43. The number of hydrogen-bond acceptors (Lipinski definition) is 1. The smallest absolute Gasteiger partial charge is 0.160 e. The summed E-state index contributed by atoms with van der Waals surface area (Å²) in [7, 11) is 0. The van der Waals surface area contributed by atoms with Crippen LogP contribution in [0.1, 0.15) is 50.5 Å². The topological polar surface area (TPSA) is 17.1 Å². The van der Waals surface area contributed by atoms with Crippen LogP contribution in [0.4, 0.5) is 0 Å². The molecule has 0 N–H and O–H groups in total. The Bertz CT molecular complexity index is 620. The zero-order valence-electron chi connectivity index (χ0n) is 12.1. The summed E-state index contributed by atoms with van der Waals surface area (Å²) in [6.07, 6.45) is 0. The third-order valence-electron chi connectivity index (χ3n) is 4.29. The molecule has 1 aromatic carbocycles. The van der Waals surface area contributed by atoms with Crippen molar-refractivity contribution in [2.75, 3.05) is 0 Å². The summed E-state index contributed by atoms with van der Waals surface area (Å²) in [5.74, 6) is 0.423. The van der Waals surface area contributed by atoms with E-state index >= 15 is 0 Å². The first-order chi connectivity index (χ1) is 8.84. The molecule has 1 aromatic rings. The lowest BCUT2D eigenvalue weighted by atomic mass is 9.88. The van der Waals surface area contributed by atoms with Gasteiger partial charge in [0.25, 0.3) is 0 Å². The predicted octanol–water partition coefficient (Wildman–Crippen LogP) is 5.30. The van der Waals surface area contributed by atoms with E-state index in [1.807, 2.05) is 12.1 Å². The zero-order valence-corrected chi connectivity index (χ0v) is 12.9. The standard InChI is InChI=1S/C17H19ClO/c1-9-10(2)12(4)17(11(9)3)15-7-6-14(18)8-16(15)13(5)19/h6-8,11H,1-5H3. The van der Waals surface area contributed by atoms with Crippen LogP contribution < -0.4 is 0 Å². The molecule has 1 unspecified atom stereocenters. The minimum Gasteiger partial charge on any atom is -0.294 e. The first-order valence-corrected chi connectivity index (χ1v) is 6.91. The van der Waals surface area contributed by atoms with Gasteiger partial charge in [-0.1, -0.05) is 30.2 Å². The first kappa shape index (κ1) is 14.1. The molecule has 0 amide bonds. The normalized spacial score (nSPS) is 19.4. The highest BCUT2D eigenvalue weighted by Gasteiger charge is 2.26. The van der Waals surface area contributed by atoms with Crippen molar-refractivity contribution in [1.82, 2.24) is 0 Å². The monoisotopic (exact) mass is 274 g/mol. The van der Waals surface area contributed by atoms with Crippen molar-refractivity contribution in [2.24, 2.45) is 5.92 Å². The molecule has 0 radical (unpaired) electrons. The van der Waals surface area contributed by atoms with Crippen LogP contribution in [0.3, 0.4) is 0 Å². The third kappa shape index (κ3) is 2.28. The van der Waals surface area contributed by atoms with Gasteiger partial charge in [0.15, 0.2) is 5.78 Å². The van der Waals surface area contributed by atoms with Gasteiger partial charge in [-0.05, 0) is 62.1 Å². The number of carbonyl (C=O) groups is 1. The van der Waals surface area contributed by atoms with Crippen LogP contribution in [0.25, 0.3) is 5.57 Å². The van der Waals surface area contributed by atoms with E-state index in [-0.39, 0.29) is 5.78 Å². The van der Waals surface area contributed by atoms with Gasteiger partial charge in [-0.2, -0.15) is 0 Å². The molecule has 1 aliphatic carbocycles. The Kier molecular flexibility index (Phi) is 3.69. The van der Waals surface area contributed by atoms with E-state index in [0.717, 1.165) is 11.1 Å². The fraction of sp³-hybridized carbons (Fsp3) is 0.353. The maximum absolute atomic E-state index is 11.9. The largest absolute Gasteiger partial charge is 0.294 e. The van der Waals surface area contributed by atoms with Crippen molar-refractivity contribution >= 4 is 23.0 Å². The summed E-state index contributed by atoms with van der Waals surface area (Å²) >= 11 is 6.02. The number of rotatable bonds is 2. The number of hydrogen-bond donors (Lipinski definition) is 0. The number of benzene rings is 1. The lowest BCUT2D eigenvalue weighted by molar-refractivity contribution is 0.101. The third-order valence-corrected chi connectivity index (χ3v) is 4.53. The molecule has 0 fully saturated rings. The summed E-state index contributed by atoms with van der Waals surface area (Å²) in [6.45, 7) is 10.2. The van der Waals surface area contributed by atoms with Gasteiger partial charge in [-0.3, -0.25) is 4.79 Å². The Morgan fingerprint density at radius 1 is 1.16 bits per heavy atom. The van der Waals surface area contributed by atoms with Gasteiger partial charge in [0, 0.05) is 16.5 Å². The molecular weight excluding hydrogens is 256 g/mol. The summed E-state index contributed by atoms with van der Waals surface area (Å²) in [5, 5.41) is 0.610. The van der Waals surface area contributed by atoms with Crippen molar-refractivity contribution in [3.63, 3.8) is 0 Å². The van der Waals surface area contributed by atoms with E-state index in [1.54, 1.807) is 13.0 Å². The Morgan fingerprint density at radius 2 is 1.79 bits per heavy atom. The highest BCUT2D eigenvalue weighted by atomic mass is 35.5. The molecule has 1 aliphatic rings. The summed E-state index contributed by atoms with van der Waals surface area (Å²) < 4.78 is 0. The second-order valence-electron chi connectivity index (χ2n) is 5.31. The number of Topliss-reactive ketones (excluding diaryl/α,β-unsaturated/α-hetero) is 1. The minimum absolute atomic E-state index is 0.0622. The van der Waals surface area contributed by atoms with Crippen LogP contribution in [0.15, 0.2) is 34.9 Å². The lowest BCUT2D eigenvalue weighted by Gasteiger charge is -2.16. The quantitative estimate of drug-likeness (QED) is 0.669. The average molecular weight is 275 g/mol. The maximum Gasteiger partial charge on any atom is 0.160 e. The van der Waals surface area contributed by atoms with E-state index in [9.17, 15) is 4.79 Å². The molecule has 0 heterocycles. The number of allylic oxidation sites excluding steroid dienone is 4. The van der Waals surface area contributed by atoms with E-state index < -0.39 is 0 Å². The Balaban J connectivity index is 2.65. The van der Waals surface area contributed by atoms with Crippen LogP contribution in [-0.4, -0.2) is 5.78 Å². The Hall–Kier alpha value is -1.34. The minimum atomic E-state index is 0.0622. The van der Waals surface area contributed by atoms with Crippen molar-refractivity contribution in [3.8, 4) is 0 Å². The SMILES string of the molecule is CC(=O)c1cc(Cl)ccc1C1=C(C)C(C)=C(C)C1C. The Labute approximate surface area is 120 Å². The van der Waals surface area contributed by atoms with Gasteiger partial charge in [-0.25, -0.2) is 0 Å². The molecule has 1 atom stereocenters. The van der Waals surface area contributed by atoms with Crippen molar-refractivity contribution < 1.29 is 4.79 Å². The van der Waals surface area contributed by atoms with Gasteiger partial charge in [0.1, 0.15) is 0 Å². The van der Waals surface area contributed by atoms with E-state index in [0.29, 0.717) is 10.9 Å². The molecule has 2 heteroatoms. The van der Waals surface area contributed by atoms with E-state index in [4.69, 9.17) is 11.6 Å². The maximum atomic E-state index is 11.9. The van der Waals surface area contributed by atoms with Gasteiger partial charge in [-0.15, -0.1) is 0 Å². The van der Waals surface area contributed by atoms with Crippen molar-refractivity contribution in [2.45, 2.75) is 34.6 Å². The molecule has 1 nitrogen and oxygen atoms in total. The fourth-order valence-corrected chi connectivity index (χ4v) is 3.01. The second-order valence-corrected chi connectivity index (χ2v) is 5.75. The number of halogens is 1. The Morgan fingerprint density at radius 3 is 2.26 bits per heavy atom. The number of carbonyl (C=O) groups excluding carboxylic acids is 1. The summed E-state index contributed by atoms with van der Waals surface area (Å²) in [6, 6.07) is 5.61. The molecular formula is C17H19ClO. The zero-order chi connectivity index (χ0) is 14.3. The molecule has 0 bridgehead atoms. The molecule has 100 valence electrons. The molecule has 0 spiro atoms. The van der Waals surface area contributed by atoms with Gasteiger partial charge in [0.2, 0.25) is 0 Å². The van der Waals surface area contributed by atoms with Crippen LogP contribution in [0, 0.1) is 5.92 Å². The van der Waals surface area contributed by atoms with Gasteiger partial charge in [0.05, 0.1) is 0 Å². The molecule has 2 rings (SSSR count). The van der Waals surface area contributed by atoms with Crippen molar-refractivity contribution in [3.05, 3.63) is 51.1 Å². The average Bonchev–Trinajstić information content (AvgIpc) is 2.54. The molecule has 19 heavy (non-hydrogen) atoms. The van der Waals surface area contributed by atoms with E-state index in [2.05, 4.69) is 27.7 Å². The molecule has 0 saturated carbocycles. The van der Waals surface area contributed by atoms with Gasteiger partial charge >= 0.3 is 0 Å². The van der Waals surface area contributed by atoms with Crippen LogP contribution in [-0.2, 0) is 0 Å². The van der Waals surface area contributed by atoms with E-state index in [1.165, 1.54) is 22.3 Å². The lowest BCUT2D eigenvalue weighted by Crippen LogP contribution is -2.04. The molecule has 0 aliphatic heterocycles. The fourth-order valence-electron chi connectivity index (χ4n) is 2.84. The number of ketones is 1. The molecule has 0 saturated heterocycles. The summed E-state index contributed by atoms with van der Waals surface area (Å²) in [4.78, 5) is 11.9. The molecule has 0 aromatic heterocycles. The van der Waals surface area contributed by atoms with Crippen LogP contribution in [0.2, 0.25) is 5.02 Å². The highest BCUT2D eigenvalue weighted by molar-refractivity contribution is 6.31. The first-order valence-electron chi connectivity index (χ1n) is 6.54. The van der Waals surface area contributed by atoms with Crippen LogP contribution in [0.5, 0.6) is 0 Å². The predicted molar refractivity (Wildman–Crippen MR) is 81.6 cm³/mol. The summed E-state index contributed by atoms with van der Waals surface area (Å²) in [5.41, 5.74) is 7.02. The van der Waals surface area contributed by atoms with Crippen LogP contribution >= 0.6 is 11.6 Å². The second kappa shape index (κ2) is 4.97. The van der Waals surface area contributed by atoms with Gasteiger partial charge < -0.3 is 0 Å². The van der Waals surface area contributed by atoms with Crippen molar-refractivity contribution in [1.29, 1.82) is 0 Å².